The van der Waals surface area contributed by atoms with Crippen molar-refractivity contribution < 1.29 is 22.7 Å². The van der Waals surface area contributed by atoms with Crippen LogP contribution in [0.3, 0.4) is 0 Å². The highest BCUT2D eigenvalue weighted by molar-refractivity contribution is 7.98. The maximum Gasteiger partial charge on any atom is 0.264 e. The molecule has 226 valence electrons. The van der Waals surface area contributed by atoms with Crippen LogP contribution in [0.2, 0.25) is 0 Å². The molecule has 2 amide bonds. The molecule has 1 atom stereocenters. The molecule has 0 saturated heterocycles. The van der Waals surface area contributed by atoms with Crippen molar-refractivity contribution in [3.05, 3.63) is 83.9 Å². The Morgan fingerprint density at radius 3 is 2.17 bits per heavy atom. The van der Waals surface area contributed by atoms with Gasteiger partial charge in [0.15, 0.2) is 0 Å². The van der Waals surface area contributed by atoms with Gasteiger partial charge in [-0.15, -0.1) is 11.8 Å². The molecule has 0 aliphatic carbocycles. The van der Waals surface area contributed by atoms with Gasteiger partial charge in [-0.1, -0.05) is 38.1 Å². The minimum Gasteiger partial charge on any atom is -0.494 e. The van der Waals surface area contributed by atoms with Gasteiger partial charge in [0.25, 0.3) is 10.0 Å². The van der Waals surface area contributed by atoms with Gasteiger partial charge in [-0.25, -0.2) is 8.42 Å². The second-order valence-corrected chi connectivity index (χ2v) is 13.1. The zero-order valence-corrected chi connectivity index (χ0v) is 26.8. The van der Waals surface area contributed by atoms with E-state index in [1.165, 1.54) is 16.7 Å². The second-order valence-electron chi connectivity index (χ2n) is 10.4. The average Bonchev–Trinajstić information content (AvgIpc) is 2.98. The van der Waals surface area contributed by atoms with E-state index in [0.717, 1.165) is 20.3 Å². The summed E-state index contributed by atoms with van der Waals surface area (Å²) in [5.74, 6) is 0.0303. The maximum atomic E-state index is 14.1. The van der Waals surface area contributed by atoms with Gasteiger partial charge in [0.2, 0.25) is 11.8 Å². The lowest BCUT2D eigenvalue weighted by Gasteiger charge is -2.32. The lowest BCUT2D eigenvalue weighted by Crippen LogP contribution is -2.51. The molecule has 0 aliphatic rings. The van der Waals surface area contributed by atoms with E-state index < -0.39 is 28.5 Å². The number of rotatable bonds is 14. The molecule has 0 aliphatic heterocycles. The van der Waals surface area contributed by atoms with E-state index in [0.29, 0.717) is 24.6 Å². The Balaban J connectivity index is 2.03. The summed E-state index contributed by atoms with van der Waals surface area (Å²) in [6.07, 6.45) is 1.91. The van der Waals surface area contributed by atoms with Crippen LogP contribution in [0.25, 0.3) is 0 Å². The Kier molecular flexibility index (Phi) is 11.9. The Morgan fingerprint density at radius 2 is 1.60 bits per heavy atom. The fraction of sp³-hybridized carbons (Fsp3) is 0.375. The summed E-state index contributed by atoms with van der Waals surface area (Å²) in [7, 11) is -4.15. The molecule has 0 radical (unpaired) electrons. The summed E-state index contributed by atoms with van der Waals surface area (Å²) in [5, 5.41) is 2.91. The lowest BCUT2D eigenvalue weighted by atomic mass is 10.1. The van der Waals surface area contributed by atoms with Crippen molar-refractivity contribution in [2.45, 2.75) is 57.0 Å². The molecule has 1 unspecified atom stereocenters. The monoisotopic (exact) mass is 611 g/mol. The van der Waals surface area contributed by atoms with Crippen molar-refractivity contribution in [3.8, 4) is 5.75 Å². The van der Waals surface area contributed by atoms with E-state index in [4.69, 9.17) is 4.74 Å². The van der Waals surface area contributed by atoms with E-state index >= 15 is 0 Å². The van der Waals surface area contributed by atoms with Crippen molar-refractivity contribution in [2.24, 2.45) is 5.92 Å². The van der Waals surface area contributed by atoms with Gasteiger partial charge in [0.1, 0.15) is 18.3 Å². The minimum absolute atomic E-state index is 0.0650. The fourth-order valence-corrected chi connectivity index (χ4v) is 6.11. The number of benzene rings is 3. The second kappa shape index (κ2) is 15.1. The van der Waals surface area contributed by atoms with E-state index in [1.54, 1.807) is 55.5 Å². The van der Waals surface area contributed by atoms with Crippen LogP contribution in [0.15, 0.2) is 82.6 Å². The third kappa shape index (κ3) is 8.51. The Morgan fingerprint density at radius 1 is 0.952 bits per heavy atom. The van der Waals surface area contributed by atoms with Crippen LogP contribution >= 0.6 is 11.8 Å². The number of aryl methyl sites for hydroxylation is 1. The molecular formula is C32H41N3O5S2. The third-order valence-electron chi connectivity index (χ3n) is 6.82. The predicted molar refractivity (Wildman–Crippen MR) is 169 cm³/mol. The number of nitrogens with one attached hydrogen (secondary N) is 1. The minimum atomic E-state index is -4.15. The first-order valence-corrected chi connectivity index (χ1v) is 16.7. The number of ether oxygens (including phenoxy) is 1. The SMILES string of the molecule is CCOc1ccc(N(CC(=O)N(Cc2ccccc2C)C(C)C(=O)NCC(C)C)S(=O)(=O)c2ccc(SC)cc2)cc1. The first-order valence-electron chi connectivity index (χ1n) is 14.0. The summed E-state index contributed by atoms with van der Waals surface area (Å²) < 4.78 is 34.7. The van der Waals surface area contributed by atoms with Gasteiger partial charge < -0.3 is 15.0 Å². The highest BCUT2D eigenvalue weighted by Gasteiger charge is 2.32. The maximum absolute atomic E-state index is 14.1. The summed E-state index contributed by atoms with van der Waals surface area (Å²) >= 11 is 1.51. The zero-order chi connectivity index (χ0) is 30.9. The molecule has 0 fully saturated rings. The third-order valence-corrected chi connectivity index (χ3v) is 9.35. The van der Waals surface area contributed by atoms with Crippen LogP contribution < -0.4 is 14.4 Å². The summed E-state index contributed by atoms with van der Waals surface area (Å²) in [5.41, 5.74) is 2.15. The summed E-state index contributed by atoms with van der Waals surface area (Å²) in [6.45, 7) is 10.1. The number of amides is 2. The number of hydrogen-bond donors (Lipinski definition) is 1. The molecular weight excluding hydrogens is 571 g/mol. The van der Waals surface area contributed by atoms with E-state index in [2.05, 4.69) is 5.32 Å². The Bertz CT molecular complexity index is 1440. The van der Waals surface area contributed by atoms with Gasteiger partial charge in [-0.3, -0.25) is 13.9 Å². The van der Waals surface area contributed by atoms with Crippen LogP contribution in [0.5, 0.6) is 5.75 Å². The Labute approximate surface area is 254 Å². The molecule has 0 aromatic heterocycles. The average molecular weight is 612 g/mol. The van der Waals surface area contributed by atoms with Crippen molar-refractivity contribution >= 4 is 39.3 Å². The normalized spacial score (nSPS) is 12.1. The van der Waals surface area contributed by atoms with Crippen LogP contribution in [-0.4, -0.2) is 57.1 Å². The molecule has 0 saturated carbocycles. The first kappa shape index (κ1) is 33.0. The molecule has 3 aromatic carbocycles. The molecule has 0 bridgehead atoms. The summed E-state index contributed by atoms with van der Waals surface area (Å²) in [4.78, 5) is 29.7. The van der Waals surface area contributed by atoms with Crippen LogP contribution in [0.1, 0.15) is 38.8 Å². The van der Waals surface area contributed by atoms with Gasteiger partial charge in [0.05, 0.1) is 17.2 Å². The number of carbonyl (C=O) groups excluding carboxylic acids is 2. The number of hydrogen-bond acceptors (Lipinski definition) is 6. The van der Waals surface area contributed by atoms with Crippen molar-refractivity contribution in [1.29, 1.82) is 0 Å². The van der Waals surface area contributed by atoms with Crippen molar-refractivity contribution in [2.75, 3.05) is 30.3 Å². The van der Waals surface area contributed by atoms with E-state index in [-0.39, 0.29) is 23.3 Å². The molecule has 42 heavy (non-hydrogen) atoms. The molecule has 3 aromatic rings. The highest BCUT2D eigenvalue weighted by Crippen LogP contribution is 2.28. The number of thioether (sulfide) groups is 1. The van der Waals surface area contributed by atoms with E-state index in [9.17, 15) is 18.0 Å². The topological polar surface area (TPSA) is 96.0 Å². The molecule has 0 spiro atoms. The number of anilines is 1. The first-order chi connectivity index (χ1) is 20.0. The van der Waals surface area contributed by atoms with Gasteiger partial charge in [0, 0.05) is 18.0 Å². The largest absolute Gasteiger partial charge is 0.494 e. The fourth-order valence-electron chi connectivity index (χ4n) is 4.29. The van der Waals surface area contributed by atoms with Crippen molar-refractivity contribution in [3.63, 3.8) is 0 Å². The van der Waals surface area contributed by atoms with Gasteiger partial charge in [-0.2, -0.15) is 0 Å². The molecule has 3 rings (SSSR count). The smallest absolute Gasteiger partial charge is 0.264 e. The standard InChI is InChI=1S/C32H41N3O5S2/c1-7-40-28-14-12-27(13-15-28)35(42(38,39)30-18-16-29(41-6)17-19-30)22-31(36)34(21-26-11-9-8-10-24(26)4)25(5)32(37)33-20-23(2)3/h8-19,23,25H,7,20-22H2,1-6H3,(H,33,37). The van der Waals surface area contributed by atoms with Crippen molar-refractivity contribution in [1.82, 2.24) is 10.2 Å². The van der Waals surface area contributed by atoms with Crippen LogP contribution in [0.4, 0.5) is 5.69 Å². The molecule has 0 heterocycles. The molecule has 1 N–H and O–H groups in total. The van der Waals surface area contributed by atoms with Crippen LogP contribution in [0, 0.1) is 12.8 Å². The van der Waals surface area contributed by atoms with Gasteiger partial charge >= 0.3 is 0 Å². The quantitative estimate of drug-likeness (QED) is 0.242. The van der Waals surface area contributed by atoms with E-state index in [1.807, 2.05) is 58.2 Å². The Hall–Kier alpha value is -3.50. The predicted octanol–water partition coefficient (Wildman–Crippen LogP) is 5.50. The number of nitrogens with zero attached hydrogens (tertiary/aromatic N) is 2. The lowest BCUT2D eigenvalue weighted by molar-refractivity contribution is -0.139. The van der Waals surface area contributed by atoms with Gasteiger partial charge in [-0.05, 0) is 92.6 Å². The number of carbonyl (C=O) groups is 2. The van der Waals surface area contributed by atoms with Crippen LogP contribution in [-0.2, 0) is 26.2 Å². The zero-order valence-electron chi connectivity index (χ0n) is 25.2. The molecule has 10 heteroatoms. The highest BCUT2D eigenvalue weighted by atomic mass is 32.2. The summed E-state index contributed by atoms with van der Waals surface area (Å²) in [6, 6.07) is 20.0. The number of sulfonamides is 1. The molecule has 8 nitrogen and oxygen atoms in total.